The lowest BCUT2D eigenvalue weighted by Crippen LogP contribution is -2.32. The van der Waals surface area contributed by atoms with Crippen molar-refractivity contribution in [2.45, 2.75) is 33.7 Å². The molecule has 0 aliphatic heterocycles. The maximum Gasteiger partial charge on any atom is 0.239 e. The molecule has 116 valence electrons. The van der Waals surface area contributed by atoms with Crippen molar-refractivity contribution in [1.82, 2.24) is 5.32 Å². The third-order valence-corrected chi connectivity index (χ3v) is 3.78. The highest BCUT2D eigenvalue weighted by Gasteiger charge is 2.10. The lowest BCUT2D eigenvalue weighted by Gasteiger charge is -2.17. The molecule has 0 fully saturated rings. The van der Waals surface area contributed by atoms with Gasteiger partial charge < -0.3 is 10.6 Å². The second-order valence-electron chi connectivity index (χ2n) is 5.83. The number of nitrogens with one attached hydrogen (secondary N) is 2. The molecule has 2 N–H and O–H groups in total. The number of anilines is 1. The molecule has 2 aromatic carbocycles. The number of carbonyl (C=O) groups is 1. The van der Waals surface area contributed by atoms with Crippen LogP contribution in [0.5, 0.6) is 0 Å². The Morgan fingerprint density at radius 1 is 1.05 bits per heavy atom. The van der Waals surface area contributed by atoms with Gasteiger partial charge in [-0.1, -0.05) is 48.0 Å². The second kappa shape index (κ2) is 7.12. The smallest absolute Gasteiger partial charge is 0.239 e. The first kappa shape index (κ1) is 16.1. The van der Waals surface area contributed by atoms with E-state index in [2.05, 4.69) is 43.5 Å². The molecule has 1 amide bonds. The van der Waals surface area contributed by atoms with Crippen molar-refractivity contribution in [2.75, 3.05) is 11.9 Å². The van der Waals surface area contributed by atoms with Crippen molar-refractivity contribution < 1.29 is 4.79 Å². The molecule has 1 unspecified atom stereocenters. The van der Waals surface area contributed by atoms with Crippen molar-refractivity contribution in [3.63, 3.8) is 0 Å². The fourth-order valence-electron chi connectivity index (χ4n) is 2.75. The van der Waals surface area contributed by atoms with Gasteiger partial charge in [0.05, 0.1) is 12.6 Å². The van der Waals surface area contributed by atoms with E-state index in [0.717, 1.165) is 11.3 Å². The van der Waals surface area contributed by atoms with Gasteiger partial charge in [0.1, 0.15) is 0 Å². The van der Waals surface area contributed by atoms with Gasteiger partial charge >= 0.3 is 0 Å². The average Bonchev–Trinajstić information content (AvgIpc) is 2.47. The highest BCUT2D eigenvalue weighted by atomic mass is 16.1. The Morgan fingerprint density at radius 2 is 1.64 bits per heavy atom. The summed E-state index contributed by atoms with van der Waals surface area (Å²) in [7, 11) is 0. The molecular weight excluding hydrogens is 272 g/mol. The van der Waals surface area contributed by atoms with E-state index in [4.69, 9.17) is 0 Å². The molecule has 0 spiro atoms. The highest BCUT2D eigenvalue weighted by molar-refractivity contribution is 5.81. The molecule has 0 saturated heterocycles. The van der Waals surface area contributed by atoms with Crippen molar-refractivity contribution in [3.05, 3.63) is 64.7 Å². The van der Waals surface area contributed by atoms with E-state index in [-0.39, 0.29) is 18.5 Å². The molecule has 2 aromatic rings. The Bertz CT molecular complexity index is 627. The fraction of sp³-hybridized carbons (Fsp3) is 0.316. The van der Waals surface area contributed by atoms with Crippen molar-refractivity contribution in [1.29, 1.82) is 0 Å². The second-order valence-corrected chi connectivity index (χ2v) is 5.83. The van der Waals surface area contributed by atoms with Gasteiger partial charge in [0.2, 0.25) is 5.91 Å². The predicted molar refractivity (Wildman–Crippen MR) is 92.1 cm³/mol. The Labute approximate surface area is 132 Å². The van der Waals surface area contributed by atoms with Crippen LogP contribution in [0, 0.1) is 20.8 Å². The Kier molecular flexibility index (Phi) is 5.21. The summed E-state index contributed by atoms with van der Waals surface area (Å²) in [6, 6.07) is 14.2. The van der Waals surface area contributed by atoms with Gasteiger partial charge in [0.25, 0.3) is 0 Å². The molecule has 3 nitrogen and oxygen atoms in total. The van der Waals surface area contributed by atoms with Crippen LogP contribution < -0.4 is 10.6 Å². The molecule has 2 rings (SSSR count). The van der Waals surface area contributed by atoms with Gasteiger partial charge in [0.15, 0.2) is 0 Å². The van der Waals surface area contributed by atoms with Gasteiger partial charge in [-0.3, -0.25) is 4.79 Å². The summed E-state index contributed by atoms with van der Waals surface area (Å²) in [4.78, 5) is 12.1. The first-order valence-corrected chi connectivity index (χ1v) is 7.63. The quantitative estimate of drug-likeness (QED) is 0.878. The highest BCUT2D eigenvalue weighted by Crippen LogP contribution is 2.21. The molecular formula is C19H24N2O. The number of carbonyl (C=O) groups excluding carboxylic acids is 1. The Morgan fingerprint density at radius 3 is 2.23 bits per heavy atom. The van der Waals surface area contributed by atoms with E-state index in [0.29, 0.717) is 0 Å². The SMILES string of the molecule is Cc1cc(C)c(NCC(=O)NC(C)c2ccccc2)c(C)c1. The summed E-state index contributed by atoms with van der Waals surface area (Å²) in [5.41, 5.74) is 5.73. The van der Waals surface area contributed by atoms with E-state index >= 15 is 0 Å². The van der Waals surface area contributed by atoms with Gasteiger partial charge in [-0.15, -0.1) is 0 Å². The standard InChI is InChI=1S/C19H24N2O/c1-13-10-14(2)19(15(3)11-13)20-12-18(22)21-16(4)17-8-6-5-7-9-17/h5-11,16,20H,12H2,1-4H3,(H,21,22). The maximum absolute atomic E-state index is 12.1. The summed E-state index contributed by atoms with van der Waals surface area (Å²) in [5, 5.41) is 6.27. The van der Waals surface area contributed by atoms with E-state index < -0.39 is 0 Å². The monoisotopic (exact) mass is 296 g/mol. The average molecular weight is 296 g/mol. The van der Waals surface area contributed by atoms with Gasteiger partial charge in [-0.2, -0.15) is 0 Å². The molecule has 0 aromatic heterocycles. The summed E-state index contributed by atoms with van der Waals surface area (Å²) < 4.78 is 0. The van der Waals surface area contributed by atoms with E-state index in [1.807, 2.05) is 37.3 Å². The number of aryl methyl sites for hydroxylation is 3. The number of hydrogen-bond acceptors (Lipinski definition) is 2. The van der Waals surface area contributed by atoms with Crippen LogP contribution in [0.2, 0.25) is 0 Å². The summed E-state index contributed by atoms with van der Waals surface area (Å²) >= 11 is 0. The minimum Gasteiger partial charge on any atom is -0.376 e. The zero-order valence-electron chi connectivity index (χ0n) is 13.7. The lowest BCUT2D eigenvalue weighted by atomic mass is 10.1. The third-order valence-electron chi connectivity index (χ3n) is 3.78. The number of benzene rings is 2. The van der Waals surface area contributed by atoms with E-state index in [1.54, 1.807) is 0 Å². The number of amides is 1. The third kappa shape index (κ3) is 4.10. The first-order chi connectivity index (χ1) is 10.5. The summed E-state index contributed by atoms with van der Waals surface area (Å²) in [6.07, 6.45) is 0. The summed E-state index contributed by atoms with van der Waals surface area (Å²) in [5.74, 6) is -0.00396. The van der Waals surface area contributed by atoms with E-state index in [1.165, 1.54) is 16.7 Å². The molecule has 1 atom stereocenters. The molecule has 0 aliphatic rings. The molecule has 0 aliphatic carbocycles. The van der Waals surface area contributed by atoms with Gasteiger partial charge in [0, 0.05) is 5.69 Å². The molecule has 0 heterocycles. The van der Waals surface area contributed by atoms with Crippen LogP contribution in [0.1, 0.15) is 35.2 Å². The maximum atomic E-state index is 12.1. The normalized spacial score (nSPS) is 11.8. The van der Waals surface area contributed by atoms with Crippen LogP contribution in [0.3, 0.4) is 0 Å². The molecule has 0 bridgehead atoms. The van der Waals surface area contributed by atoms with Crippen molar-refractivity contribution in [3.8, 4) is 0 Å². The van der Waals surface area contributed by atoms with Crippen LogP contribution in [-0.4, -0.2) is 12.5 Å². The topological polar surface area (TPSA) is 41.1 Å². The zero-order chi connectivity index (χ0) is 16.1. The zero-order valence-corrected chi connectivity index (χ0v) is 13.7. The van der Waals surface area contributed by atoms with Crippen LogP contribution in [0.15, 0.2) is 42.5 Å². The van der Waals surface area contributed by atoms with Crippen LogP contribution in [0.25, 0.3) is 0 Å². The van der Waals surface area contributed by atoms with Crippen LogP contribution in [-0.2, 0) is 4.79 Å². The Hall–Kier alpha value is -2.29. The molecule has 0 saturated carbocycles. The fourth-order valence-corrected chi connectivity index (χ4v) is 2.75. The minimum absolute atomic E-state index is 0.00396. The number of rotatable bonds is 5. The van der Waals surface area contributed by atoms with Crippen molar-refractivity contribution in [2.24, 2.45) is 0 Å². The molecule has 3 heteroatoms. The molecule has 22 heavy (non-hydrogen) atoms. The molecule has 0 radical (unpaired) electrons. The van der Waals surface area contributed by atoms with E-state index in [9.17, 15) is 4.79 Å². The Balaban J connectivity index is 1.94. The minimum atomic E-state index is -0.00396. The number of hydrogen-bond donors (Lipinski definition) is 2. The first-order valence-electron chi connectivity index (χ1n) is 7.63. The van der Waals surface area contributed by atoms with Gasteiger partial charge in [-0.05, 0) is 44.4 Å². The van der Waals surface area contributed by atoms with Crippen LogP contribution in [0.4, 0.5) is 5.69 Å². The lowest BCUT2D eigenvalue weighted by molar-refractivity contribution is -0.120. The predicted octanol–water partition coefficient (Wildman–Crippen LogP) is 3.90. The van der Waals surface area contributed by atoms with Crippen LogP contribution >= 0.6 is 0 Å². The summed E-state index contributed by atoms with van der Waals surface area (Å²) in [6.45, 7) is 8.48. The van der Waals surface area contributed by atoms with Crippen molar-refractivity contribution >= 4 is 11.6 Å². The largest absolute Gasteiger partial charge is 0.376 e. The van der Waals surface area contributed by atoms with Gasteiger partial charge in [-0.25, -0.2) is 0 Å².